The van der Waals surface area contributed by atoms with E-state index in [0.29, 0.717) is 0 Å². The molecule has 17 heavy (non-hydrogen) atoms. The van der Waals surface area contributed by atoms with Crippen molar-refractivity contribution in [2.24, 2.45) is 0 Å². The van der Waals surface area contributed by atoms with E-state index in [9.17, 15) is 0 Å². The molecule has 2 aromatic carbocycles. The monoisotopic (exact) mass is 218 g/mol. The summed E-state index contributed by atoms with van der Waals surface area (Å²) in [6.07, 6.45) is 8.52. The largest absolute Gasteiger partial charge is 0.115 e. The normalized spacial score (nSPS) is 10.9. The molecular formula is C17H14. The summed E-state index contributed by atoms with van der Waals surface area (Å²) in [5, 5.41) is 0. The van der Waals surface area contributed by atoms with Crippen LogP contribution in [0.25, 0.3) is 5.57 Å². The highest BCUT2D eigenvalue weighted by molar-refractivity contribution is 5.78. The van der Waals surface area contributed by atoms with Gasteiger partial charge in [-0.05, 0) is 17.5 Å². The van der Waals surface area contributed by atoms with Crippen molar-refractivity contribution in [1.82, 2.24) is 0 Å². The smallest absolute Gasteiger partial charge is 0.0278 e. The van der Waals surface area contributed by atoms with Crippen molar-refractivity contribution >= 4 is 5.57 Å². The van der Waals surface area contributed by atoms with Gasteiger partial charge in [0.2, 0.25) is 0 Å². The second-order valence-electron chi connectivity index (χ2n) is 3.82. The van der Waals surface area contributed by atoms with Crippen molar-refractivity contribution in [3.05, 3.63) is 77.9 Å². The SMILES string of the molecule is C#C/C(=C\Cc1ccccc1)c1ccccc1. The summed E-state index contributed by atoms with van der Waals surface area (Å²) in [5.74, 6) is 2.75. The second-order valence-corrected chi connectivity index (χ2v) is 3.82. The van der Waals surface area contributed by atoms with Gasteiger partial charge in [0.15, 0.2) is 0 Å². The van der Waals surface area contributed by atoms with Crippen molar-refractivity contribution < 1.29 is 0 Å². The van der Waals surface area contributed by atoms with Crippen LogP contribution in [0.15, 0.2) is 66.7 Å². The third-order valence-electron chi connectivity index (χ3n) is 2.63. The number of benzene rings is 2. The highest BCUT2D eigenvalue weighted by Gasteiger charge is 1.96. The average molecular weight is 218 g/mol. The molecule has 0 heterocycles. The van der Waals surface area contributed by atoms with Crippen LogP contribution in [-0.4, -0.2) is 0 Å². The molecular weight excluding hydrogens is 204 g/mol. The first-order chi connectivity index (χ1) is 8.40. The number of hydrogen-bond acceptors (Lipinski definition) is 0. The van der Waals surface area contributed by atoms with Gasteiger partial charge in [-0.3, -0.25) is 0 Å². The fourth-order valence-electron chi connectivity index (χ4n) is 1.71. The summed E-state index contributed by atoms with van der Waals surface area (Å²) in [4.78, 5) is 0. The van der Waals surface area contributed by atoms with E-state index in [0.717, 1.165) is 17.6 Å². The molecule has 0 saturated carbocycles. The van der Waals surface area contributed by atoms with Crippen LogP contribution in [0, 0.1) is 12.3 Å². The van der Waals surface area contributed by atoms with E-state index in [1.54, 1.807) is 0 Å². The summed E-state index contributed by atoms with van der Waals surface area (Å²) in [7, 11) is 0. The minimum atomic E-state index is 0.870. The van der Waals surface area contributed by atoms with Crippen molar-refractivity contribution in [3.63, 3.8) is 0 Å². The van der Waals surface area contributed by atoms with Crippen LogP contribution in [0.3, 0.4) is 0 Å². The van der Waals surface area contributed by atoms with Gasteiger partial charge in [0.05, 0.1) is 0 Å². The molecule has 0 radical (unpaired) electrons. The molecule has 0 bridgehead atoms. The first-order valence-corrected chi connectivity index (χ1v) is 5.66. The standard InChI is InChI=1S/C17H14/c1-2-16(17-11-7-4-8-12-17)14-13-15-9-5-3-6-10-15/h1,3-12,14H,13H2/b16-14+. The molecule has 0 saturated heterocycles. The third kappa shape index (κ3) is 3.09. The quantitative estimate of drug-likeness (QED) is 0.684. The van der Waals surface area contributed by atoms with E-state index < -0.39 is 0 Å². The fraction of sp³-hybridized carbons (Fsp3) is 0.0588. The third-order valence-corrected chi connectivity index (χ3v) is 2.63. The molecule has 0 amide bonds. The summed E-state index contributed by atoms with van der Waals surface area (Å²) in [6.45, 7) is 0. The number of terminal acetylenes is 1. The molecule has 0 aliphatic rings. The van der Waals surface area contributed by atoms with Gasteiger partial charge in [-0.2, -0.15) is 0 Å². The van der Waals surface area contributed by atoms with Gasteiger partial charge in [0.1, 0.15) is 0 Å². The first-order valence-electron chi connectivity index (χ1n) is 5.66. The zero-order chi connectivity index (χ0) is 11.9. The second kappa shape index (κ2) is 5.72. The maximum absolute atomic E-state index is 5.55. The van der Waals surface area contributed by atoms with Crippen LogP contribution in [0.2, 0.25) is 0 Å². The Balaban J connectivity index is 2.18. The minimum absolute atomic E-state index is 0.870. The summed E-state index contributed by atoms with van der Waals surface area (Å²) in [6, 6.07) is 20.4. The van der Waals surface area contributed by atoms with Crippen LogP contribution >= 0.6 is 0 Å². The Labute approximate surface area is 103 Å². The lowest BCUT2D eigenvalue weighted by Crippen LogP contribution is -1.84. The van der Waals surface area contributed by atoms with Crippen molar-refractivity contribution in [3.8, 4) is 12.3 Å². The molecule has 0 unspecified atom stereocenters. The van der Waals surface area contributed by atoms with Crippen molar-refractivity contribution in [2.75, 3.05) is 0 Å². The Morgan fingerprint density at radius 2 is 1.53 bits per heavy atom. The maximum Gasteiger partial charge on any atom is 0.0278 e. The van der Waals surface area contributed by atoms with Crippen molar-refractivity contribution in [1.29, 1.82) is 0 Å². The molecule has 0 heteroatoms. The van der Waals surface area contributed by atoms with Gasteiger partial charge in [0, 0.05) is 5.57 Å². The van der Waals surface area contributed by atoms with Crippen LogP contribution in [0.1, 0.15) is 11.1 Å². The molecule has 0 aromatic heterocycles. The zero-order valence-electron chi connectivity index (χ0n) is 9.64. The molecule has 2 aromatic rings. The summed E-state index contributed by atoms with van der Waals surface area (Å²) in [5.41, 5.74) is 3.33. The van der Waals surface area contributed by atoms with E-state index in [1.807, 2.05) is 48.5 Å². The topological polar surface area (TPSA) is 0 Å². The molecule has 0 nitrogen and oxygen atoms in total. The molecule has 0 fully saturated rings. The minimum Gasteiger partial charge on any atom is -0.115 e. The Hall–Kier alpha value is -2.26. The Morgan fingerprint density at radius 3 is 2.12 bits per heavy atom. The lowest BCUT2D eigenvalue weighted by atomic mass is 10.0. The van der Waals surface area contributed by atoms with Gasteiger partial charge >= 0.3 is 0 Å². The van der Waals surface area contributed by atoms with E-state index in [-0.39, 0.29) is 0 Å². The summed E-state index contributed by atoms with van der Waals surface area (Å²) < 4.78 is 0. The van der Waals surface area contributed by atoms with Crippen LogP contribution in [0.5, 0.6) is 0 Å². The lowest BCUT2D eigenvalue weighted by Gasteiger charge is -2.00. The molecule has 0 N–H and O–H groups in total. The van der Waals surface area contributed by atoms with Crippen LogP contribution in [-0.2, 0) is 6.42 Å². The molecule has 0 atom stereocenters. The Kier molecular flexibility index (Phi) is 3.78. The molecule has 2 rings (SSSR count). The van der Waals surface area contributed by atoms with Gasteiger partial charge in [-0.15, -0.1) is 6.42 Å². The van der Waals surface area contributed by atoms with E-state index in [1.165, 1.54) is 5.56 Å². The number of allylic oxidation sites excluding steroid dienone is 2. The predicted molar refractivity (Wildman–Crippen MR) is 73.4 cm³/mol. The van der Waals surface area contributed by atoms with Gasteiger partial charge < -0.3 is 0 Å². The molecule has 82 valence electrons. The Morgan fingerprint density at radius 1 is 0.941 bits per heavy atom. The van der Waals surface area contributed by atoms with Crippen LogP contribution in [0.4, 0.5) is 0 Å². The van der Waals surface area contributed by atoms with Crippen LogP contribution < -0.4 is 0 Å². The summed E-state index contributed by atoms with van der Waals surface area (Å²) >= 11 is 0. The maximum atomic E-state index is 5.55. The molecule has 0 spiro atoms. The predicted octanol–water partition coefficient (Wildman–Crippen LogP) is 3.95. The zero-order valence-corrected chi connectivity index (χ0v) is 9.64. The van der Waals surface area contributed by atoms with E-state index in [4.69, 9.17) is 6.42 Å². The van der Waals surface area contributed by atoms with E-state index >= 15 is 0 Å². The number of hydrogen-bond donors (Lipinski definition) is 0. The molecule has 0 aliphatic carbocycles. The first kappa shape index (κ1) is 11.2. The Bertz CT molecular complexity index is 527. The molecule has 0 aliphatic heterocycles. The lowest BCUT2D eigenvalue weighted by molar-refractivity contribution is 1.27. The fourth-order valence-corrected chi connectivity index (χ4v) is 1.71. The number of rotatable bonds is 3. The van der Waals surface area contributed by atoms with Crippen molar-refractivity contribution in [2.45, 2.75) is 6.42 Å². The highest BCUT2D eigenvalue weighted by atomic mass is 14.0. The van der Waals surface area contributed by atoms with Gasteiger partial charge in [-0.1, -0.05) is 72.7 Å². The van der Waals surface area contributed by atoms with Gasteiger partial charge in [-0.25, -0.2) is 0 Å². The average Bonchev–Trinajstić information content (AvgIpc) is 2.42. The highest BCUT2D eigenvalue weighted by Crippen LogP contribution is 2.14. The van der Waals surface area contributed by atoms with Gasteiger partial charge in [0.25, 0.3) is 0 Å². The van der Waals surface area contributed by atoms with E-state index in [2.05, 4.69) is 24.1 Å².